The van der Waals surface area contributed by atoms with Crippen LogP contribution in [0.5, 0.6) is 0 Å². The number of aliphatic hydroxyl groups is 1. The van der Waals surface area contributed by atoms with Crippen molar-refractivity contribution in [3.63, 3.8) is 0 Å². The largest absolute Gasteiger partial charge is 0.392 e. The van der Waals surface area contributed by atoms with Gasteiger partial charge in [0.2, 0.25) is 0 Å². The monoisotopic (exact) mass is 220 g/mol. The van der Waals surface area contributed by atoms with E-state index < -0.39 is 0 Å². The standard InChI is InChI=1S/C13H20N2O/c1-11-3-2-7-15(8-5-11)13-4-6-14-9-12(13)10-16/h4,6,9,11,16H,2-3,5,7-8,10H2,1H3. The van der Waals surface area contributed by atoms with Gasteiger partial charge >= 0.3 is 0 Å². The van der Waals surface area contributed by atoms with Crippen molar-refractivity contribution in [1.29, 1.82) is 0 Å². The van der Waals surface area contributed by atoms with Crippen LogP contribution in [0.2, 0.25) is 0 Å². The summed E-state index contributed by atoms with van der Waals surface area (Å²) in [5.41, 5.74) is 2.10. The quantitative estimate of drug-likeness (QED) is 0.830. The van der Waals surface area contributed by atoms with Crippen LogP contribution in [0.1, 0.15) is 31.7 Å². The highest BCUT2D eigenvalue weighted by Crippen LogP contribution is 2.24. The normalized spacial score (nSPS) is 21.9. The second-order valence-electron chi connectivity index (χ2n) is 4.69. The van der Waals surface area contributed by atoms with Gasteiger partial charge in [-0.1, -0.05) is 6.92 Å². The highest BCUT2D eigenvalue weighted by molar-refractivity contribution is 5.52. The number of pyridine rings is 1. The number of aromatic nitrogens is 1. The number of aliphatic hydroxyl groups excluding tert-OH is 1. The smallest absolute Gasteiger partial charge is 0.0717 e. The minimum atomic E-state index is 0.0786. The molecule has 2 heterocycles. The van der Waals surface area contributed by atoms with Crippen LogP contribution in [-0.2, 0) is 6.61 Å². The van der Waals surface area contributed by atoms with Gasteiger partial charge in [-0.2, -0.15) is 0 Å². The van der Waals surface area contributed by atoms with E-state index in [0.29, 0.717) is 0 Å². The molecule has 1 aliphatic heterocycles. The third-order valence-electron chi connectivity index (χ3n) is 3.41. The summed E-state index contributed by atoms with van der Waals surface area (Å²) in [4.78, 5) is 6.45. The maximum atomic E-state index is 9.30. The summed E-state index contributed by atoms with van der Waals surface area (Å²) in [6, 6.07) is 2.02. The zero-order valence-corrected chi connectivity index (χ0v) is 9.89. The molecule has 0 spiro atoms. The van der Waals surface area contributed by atoms with E-state index in [1.807, 2.05) is 12.3 Å². The van der Waals surface area contributed by atoms with Crippen molar-refractivity contribution in [2.75, 3.05) is 18.0 Å². The molecular formula is C13H20N2O. The summed E-state index contributed by atoms with van der Waals surface area (Å²) in [6.07, 6.45) is 7.38. The van der Waals surface area contributed by atoms with Crippen LogP contribution in [0.4, 0.5) is 5.69 Å². The molecule has 0 aromatic carbocycles. The molecule has 1 aliphatic rings. The number of nitrogens with zero attached hydrogens (tertiary/aromatic N) is 2. The van der Waals surface area contributed by atoms with Gasteiger partial charge in [0, 0.05) is 36.7 Å². The Bertz CT molecular complexity index is 340. The lowest BCUT2D eigenvalue weighted by Gasteiger charge is -2.24. The van der Waals surface area contributed by atoms with Crippen LogP contribution >= 0.6 is 0 Å². The predicted octanol–water partition coefficient (Wildman–Crippen LogP) is 2.20. The predicted molar refractivity (Wildman–Crippen MR) is 65.4 cm³/mol. The molecule has 1 aromatic rings. The van der Waals surface area contributed by atoms with Crippen LogP contribution < -0.4 is 4.90 Å². The zero-order valence-electron chi connectivity index (χ0n) is 9.89. The van der Waals surface area contributed by atoms with Crippen molar-refractivity contribution in [3.8, 4) is 0 Å². The Hall–Kier alpha value is -1.09. The molecule has 1 atom stereocenters. The molecule has 0 aliphatic carbocycles. The Kier molecular flexibility index (Phi) is 3.78. The minimum absolute atomic E-state index is 0.0786. The highest BCUT2D eigenvalue weighted by Gasteiger charge is 2.16. The number of hydrogen-bond acceptors (Lipinski definition) is 3. The van der Waals surface area contributed by atoms with Gasteiger partial charge in [0.25, 0.3) is 0 Å². The fraction of sp³-hybridized carbons (Fsp3) is 0.615. The molecular weight excluding hydrogens is 200 g/mol. The average molecular weight is 220 g/mol. The highest BCUT2D eigenvalue weighted by atomic mass is 16.3. The SMILES string of the molecule is CC1CCCN(c2ccncc2CO)CC1. The van der Waals surface area contributed by atoms with Crippen molar-refractivity contribution in [1.82, 2.24) is 4.98 Å². The van der Waals surface area contributed by atoms with E-state index in [1.54, 1.807) is 6.20 Å². The summed E-state index contributed by atoms with van der Waals surface area (Å²) in [6.45, 7) is 4.60. The van der Waals surface area contributed by atoms with Crippen LogP contribution in [0, 0.1) is 5.92 Å². The van der Waals surface area contributed by atoms with Gasteiger partial charge in [0.05, 0.1) is 6.61 Å². The molecule has 0 radical (unpaired) electrons. The van der Waals surface area contributed by atoms with Crippen LogP contribution in [0.15, 0.2) is 18.5 Å². The average Bonchev–Trinajstić information content (AvgIpc) is 2.54. The van der Waals surface area contributed by atoms with Crippen LogP contribution in [0.3, 0.4) is 0 Å². The maximum Gasteiger partial charge on any atom is 0.0717 e. The van der Waals surface area contributed by atoms with Crippen molar-refractivity contribution >= 4 is 5.69 Å². The lowest BCUT2D eigenvalue weighted by molar-refractivity contribution is 0.281. The van der Waals surface area contributed by atoms with Gasteiger partial charge in [-0.05, 0) is 31.2 Å². The molecule has 0 amide bonds. The number of anilines is 1. The molecule has 0 saturated carbocycles. The summed E-state index contributed by atoms with van der Waals surface area (Å²) < 4.78 is 0. The first-order valence-electron chi connectivity index (χ1n) is 6.10. The van der Waals surface area contributed by atoms with Crippen molar-refractivity contribution < 1.29 is 5.11 Å². The van der Waals surface area contributed by atoms with Crippen LogP contribution in [-0.4, -0.2) is 23.2 Å². The third-order valence-corrected chi connectivity index (χ3v) is 3.41. The summed E-state index contributed by atoms with van der Waals surface area (Å²) in [7, 11) is 0. The molecule has 16 heavy (non-hydrogen) atoms. The molecule has 3 heteroatoms. The molecule has 2 rings (SSSR count). The lowest BCUT2D eigenvalue weighted by atomic mass is 10.0. The van der Waals surface area contributed by atoms with E-state index in [2.05, 4.69) is 16.8 Å². The third kappa shape index (κ3) is 2.53. The van der Waals surface area contributed by atoms with Crippen molar-refractivity contribution in [2.24, 2.45) is 5.92 Å². The Labute approximate surface area is 97.1 Å². The summed E-state index contributed by atoms with van der Waals surface area (Å²) in [5, 5.41) is 9.30. The Morgan fingerprint density at radius 3 is 3.12 bits per heavy atom. The fourth-order valence-corrected chi connectivity index (χ4v) is 2.35. The Morgan fingerprint density at radius 1 is 1.44 bits per heavy atom. The molecule has 0 bridgehead atoms. The topological polar surface area (TPSA) is 36.4 Å². The van der Waals surface area contributed by atoms with Gasteiger partial charge in [0.15, 0.2) is 0 Å². The molecule has 1 unspecified atom stereocenters. The first-order chi connectivity index (χ1) is 7.81. The van der Waals surface area contributed by atoms with Gasteiger partial charge in [-0.3, -0.25) is 4.98 Å². The van der Waals surface area contributed by atoms with E-state index in [-0.39, 0.29) is 6.61 Å². The molecule has 1 saturated heterocycles. The molecule has 1 N–H and O–H groups in total. The van der Waals surface area contributed by atoms with Crippen LogP contribution in [0.25, 0.3) is 0 Å². The van der Waals surface area contributed by atoms with Crippen molar-refractivity contribution in [3.05, 3.63) is 24.0 Å². The molecule has 3 nitrogen and oxygen atoms in total. The molecule has 1 aromatic heterocycles. The van der Waals surface area contributed by atoms with Gasteiger partial charge in [-0.25, -0.2) is 0 Å². The zero-order chi connectivity index (χ0) is 11.4. The van der Waals surface area contributed by atoms with Gasteiger partial charge in [-0.15, -0.1) is 0 Å². The van der Waals surface area contributed by atoms with Gasteiger partial charge in [0.1, 0.15) is 0 Å². The minimum Gasteiger partial charge on any atom is -0.392 e. The van der Waals surface area contributed by atoms with E-state index in [4.69, 9.17) is 0 Å². The lowest BCUT2D eigenvalue weighted by Crippen LogP contribution is -2.25. The first kappa shape index (κ1) is 11.4. The second-order valence-corrected chi connectivity index (χ2v) is 4.69. The fourth-order valence-electron chi connectivity index (χ4n) is 2.35. The maximum absolute atomic E-state index is 9.30. The molecule has 1 fully saturated rings. The van der Waals surface area contributed by atoms with Crippen molar-refractivity contribution in [2.45, 2.75) is 32.8 Å². The van der Waals surface area contributed by atoms with E-state index in [9.17, 15) is 5.11 Å². The molecule has 88 valence electrons. The summed E-state index contributed by atoms with van der Waals surface area (Å²) >= 11 is 0. The number of rotatable bonds is 2. The second kappa shape index (κ2) is 5.30. The Morgan fingerprint density at radius 2 is 2.31 bits per heavy atom. The first-order valence-corrected chi connectivity index (χ1v) is 6.10. The van der Waals surface area contributed by atoms with E-state index in [0.717, 1.165) is 30.3 Å². The summed E-state index contributed by atoms with van der Waals surface area (Å²) in [5.74, 6) is 0.824. The van der Waals surface area contributed by atoms with E-state index in [1.165, 1.54) is 19.3 Å². The number of hydrogen-bond donors (Lipinski definition) is 1. The van der Waals surface area contributed by atoms with E-state index >= 15 is 0 Å². The van der Waals surface area contributed by atoms with Gasteiger partial charge < -0.3 is 10.0 Å². The Balaban J connectivity index is 2.16.